The summed E-state index contributed by atoms with van der Waals surface area (Å²) in [6.07, 6.45) is -3.78. The Morgan fingerprint density at radius 2 is 1.95 bits per heavy atom. The molecule has 0 unspecified atom stereocenters. The van der Waals surface area contributed by atoms with Crippen molar-refractivity contribution in [3.63, 3.8) is 0 Å². The number of para-hydroxylation sites is 1. The molecule has 0 aromatic heterocycles. The number of amides is 1. The van der Waals surface area contributed by atoms with Crippen molar-refractivity contribution in [1.29, 1.82) is 0 Å². The molecule has 112 valence electrons. The first-order chi connectivity index (χ1) is 9.14. The molecule has 0 saturated carbocycles. The molecule has 0 spiro atoms. The molecule has 6 heteroatoms. The van der Waals surface area contributed by atoms with Crippen LogP contribution in [0.2, 0.25) is 0 Å². The molecule has 0 fully saturated rings. The molecule has 0 heterocycles. The van der Waals surface area contributed by atoms with E-state index in [-0.39, 0.29) is 5.56 Å². The van der Waals surface area contributed by atoms with E-state index in [4.69, 9.17) is 5.73 Å². The van der Waals surface area contributed by atoms with Gasteiger partial charge in [0.25, 0.3) is 5.91 Å². The number of anilines is 1. The van der Waals surface area contributed by atoms with Gasteiger partial charge in [0, 0.05) is 13.6 Å². The second-order valence-corrected chi connectivity index (χ2v) is 5.17. The highest BCUT2D eigenvalue weighted by Crippen LogP contribution is 2.35. The van der Waals surface area contributed by atoms with Crippen LogP contribution in [0, 0.1) is 5.92 Å². The summed E-state index contributed by atoms with van der Waals surface area (Å²) in [7, 11) is 1.56. The van der Waals surface area contributed by atoms with Crippen LogP contribution in [-0.4, -0.2) is 24.4 Å². The van der Waals surface area contributed by atoms with Gasteiger partial charge in [-0.25, -0.2) is 0 Å². The maximum atomic E-state index is 12.7. The lowest BCUT2D eigenvalue weighted by molar-refractivity contribution is -0.136. The van der Waals surface area contributed by atoms with Crippen LogP contribution in [0.3, 0.4) is 0 Å². The van der Waals surface area contributed by atoms with Gasteiger partial charge < -0.3 is 10.6 Å². The van der Waals surface area contributed by atoms with Gasteiger partial charge in [0.1, 0.15) is 0 Å². The van der Waals surface area contributed by atoms with Crippen molar-refractivity contribution in [2.75, 3.05) is 19.3 Å². The van der Waals surface area contributed by atoms with Crippen LogP contribution in [0.4, 0.5) is 18.9 Å². The van der Waals surface area contributed by atoms with Crippen LogP contribution in [-0.2, 0) is 6.18 Å². The number of halogens is 3. The van der Waals surface area contributed by atoms with E-state index in [9.17, 15) is 18.0 Å². The molecule has 1 rings (SSSR count). The van der Waals surface area contributed by atoms with Gasteiger partial charge in [0.15, 0.2) is 0 Å². The van der Waals surface area contributed by atoms with Gasteiger partial charge in [-0.15, -0.1) is 0 Å². The number of hydrogen-bond acceptors (Lipinski definition) is 2. The first kappa shape index (κ1) is 16.3. The van der Waals surface area contributed by atoms with E-state index in [1.54, 1.807) is 7.05 Å². The SMILES string of the molecule is CC(C)CCN(C)C(=O)c1cccc(C(F)(F)F)c1N. The lowest BCUT2D eigenvalue weighted by Gasteiger charge is -2.20. The number of carbonyl (C=O) groups is 1. The van der Waals surface area contributed by atoms with Crippen molar-refractivity contribution < 1.29 is 18.0 Å². The van der Waals surface area contributed by atoms with E-state index in [1.165, 1.54) is 17.0 Å². The van der Waals surface area contributed by atoms with Crippen molar-refractivity contribution in [2.24, 2.45) is 5.92 Å². The van der Waals surface area contributed by atoms with Crippen molar-refractivity contribution in [2.45, 2.75) is 26.4 Å². The van der Waals surface area contributed by atoms with Crippen LogP contribution < -0.4 is 5.73 Å². The van der Waals surface area contributed by atoms with Crippen molar-refractivity contribution in [3.8, 4) is 0 Å². The largest absolute Gasteiger partial charge is 0.418 e. The van der Waals surface area contributed by atoms with Crippen molar-refractivity contribution in [1.82, 2.24) is 4.90 Å². The molecule has 1 amide bonds. The summed E-state index contributed by atoms with van der Waals surface area (Å²) in [4.78, 5) is 13.5. The molecule has 1 aromatic rings. The topological polar surface area (TPSA) is 46.3 Å². The van der Waals surface area contributed by atoms with E-state index < -0.39 is 23.3 Å². The molecule has 0 aliphatic carbocycles. The molecule has 2 N–H and O–H groups in total. The monoisotopic (exact) mass is 288 g/mol. The third-order valence-electron chi connectivity index (χ3n) is 3.03. The predicted molar refractivity (Wildman–Crippen MR) is 72.3 cm³/mol. The second kappa shape index (κ2) is 6.15. The molecule has 0 bridgehead atoms. The average Bonchev–Trinajstić information content (AvgIpc) is 2.33. The Morgan fingerprint density at radius 3 is 2.45 bits per heavy atom. The van der Waals surface area contributed by atoms with Gasteiger partial charge in [-0.05, 0) is 24.5 Å². The van der Waals surface area contributed by atoms with Crippen LogP contribution in [0.5, 0.6) is 0 Å². The van der Waals surface area contributed by atoms with Gasteiger partial charge in [-0.3, -0.25) is 4.79 Å². The minimum atomic E-state index is -4.56. The number of nitrogen functional groups attached to an aromatic ring is 1. The molecule has 0 atom stereocenters. The average molecular weight is 288 g/mol. The molecule has 0 saturated heterocycles. The number of nitrogens with two attached hydrogens (primary N) is 1. The highest BCUT2D eigenvalue weighted by atomic mass is 19.4. The van der Waals surface area contributed by atoms with E-state index in [1.807, 2.05) is 13.8 Å². The Bertz CT molecular complexity index is 484. The number of alkyl halides is 3. The molecule has 1 aromatic carbocycles. The van der Waals surface area contributed by atoms with Crippen LogP contribution in [0.15, 0.2) is 18.2 Å². The predicted octanol–water partition coefficient (Wildman–Crippen LogP) is 3.41. The first-order valence-corrected chi connectivity index (χ1v) is 6.35. The van der Waals surface area contributed by atoms with Gasteiger partial charge >= 0.3 is 6.18 Å². The maximum absolute atomic E-state index is 12.7. The first-order valence-electron chi connectivity index (χ1n) is 6.35. The summed E-state index contributed by atoms with van der Waals surface area (Å²) in [5.74, 6) is -0.0849. The highest BCUT2D eigenvalue weighted by molar-refractivity contribution is 5.99. The summed E-state index contributed by atoms with van der Waals surface area (Å²) in [6, 6.07) is 3.39. The lowest BCUT2D eigenvalue weighted by Crippen LogP contribution is -2.29. The summed E-state index contributed by atoms with van der Waals surface area (Å²) >= 11 is 0. The summed E-state index contributed by atoms with van der Waals surface area (Å²) in [5, 5.41) is 0. The van der Waals surface area contributed by atoms with Crippen molar-refractivity contribution in [3.05, 3.63) is 29.3 Å². The third kappa shape index (κ3) is 3.88. The van der Waals surface area contributed by atoms with Gasteiger partial charge in [0.05, 0.1) is 16.8 Å². The van der Waals surface area contributed by atoms with E-state index in [2.05, 4.69) is 0 Å². The zero-order chi connectivity index (χ0) is 15.5. The Balaban J connectivity index is 3.00. The summed E-state index contributed by atoms with van der Waals surface area (Å²) < 4.78 is 38.2. The van der Waals surface area contributed by atoms with E-state index in [0.29, 0.717) is 12.5 Å². The molecule has 20 heavy (non-hydrogen) atoms. The number of benzene rings is 1. The number of hydrogen-bond donors (Lipinski definition) is 1. The molecular formula is C14H19F3N2O. The fourth-order valence-electron chi connectivity index (χ4n) is 1.76. The summed E-state index contributed by atoms with van der Waals surface area (Å²) in [5.41, 5.74) is 3.91. The van der Waals surface area contributed by atoms with E-state index >= 15 is 0 Å². The third-order valence-corrected chi connectivity index (χ3v) is 3.03. The number of carbonyl (C=O) groups excluding carboxylic acids is 1. The van der Waals surface area contributed by atoms with Crippen LogP contribution >= 0.6 is 0 Å². The van der Waals surface area contributed by atoms with Gasteiger partial charge in [-0.1, -0.05) is 19.9 Å². The minimum absolute atomic E-state index is 0.105. The standard InChI is InChI=1S/C14H19F3N2O/c1-9(2)7-8-19(3)13(20)10-5-4-6-11(12(10)18)14(15,16)17/h4-6,9H,7-8,18H2,1-3H3. The number of rotatable bonds is 4. The van der Waals surface area contributed by atoms with Crippen LogP contribution in [0.25, 0.3) is 0 Å². The quantitative estimate of drug-likeness (QED) is 0.863. The lowest BCUT2D eigenvalue weighted by atomic mass is 10.1. The summed E-state index contributed by atoms with van der Waals surface area (Å²) in [6.45, 7) is 4.50. The fraction of sp³-hybridized carbons (Fsp3) is 0.500. The fourth-order valence-corrected chi connectivity index (χ4v) is 1.76. The zero-order valence-electron chi connectivity index (χ0n) is 11.8. The highest BCUT2D eigenvalue weighted by Gasteiger charge is 2.34. The second-order valence-electron chi connectivity index (χ2n) is 5.17. The Hall–Kier alpha value is -1.72. The van der Waals surface area contributed by atoms with Crippen molar-refractivity contribution >= 4 is 11.6 Å². The normalized spacial score (nSPS) is 11.8. The molecule has 0 aliphatic rings. The smallest absolute Gasteiger partial charge is 0.398 e. The molecule has 0 radical (unpaired) electrons. The van der Waals surface area contributed by atoms with Gasteiger partial charge in [0.2, 0.25) is 0 Å². The van der Waals surface area contributed by atoms with Gasteiger partial charge in [-0.2, -0.15) is 13.2 Å². The maximum Gasteiger partial charge on any atom is 0.418 e. The zero-order valence-corrected chi connectivity index (χ0v) is 11.8. The minimum Gasteiger partial charge on any atom is -0.398 e. The van der Waals surface area contributed by atoms with E-state index in [0.717, 1.165) is 12.5 Å². The molecule has 0 aliphatic heterocycles. The Morgan fingerprint density at radius 1 is 1.35 bits per heavy atom. The Kier molecular flexibility index (Phi) is 5.03. The van der Waals surface area contributed by atoms with Crippen LogP contribution in [0.1, 0.15) is 36.2 Å². The number of nitrogens with zero attached hydrogens (tertiary/aromatic N) is 1. The molecule has 3 nitrogen and oxygen atoms in total. The Labute approximate surface area is 116 Å². The molecular weight excluding hydrogens is 269 g/mol.